The van der Waals surface area contributed by atoms with Crippen molar-refractivity contribution in [1.29, 1.82) is 0 Å². The largest absolute Gasteiger partial charge is 0.444 e. The molecule has 1 aliphatic heterocycles. The highest BCUT2D eigenvalue weighted by atomic mass is 19.1. The van der Waals surface area contributed by atoms with Crippen LogP contribution in [0.15, 0.2) is 53.4 Å². The molecule has 2 aromatic heterocycles. The van der Waals surface area contributed by atoms with Crippen LogP contribution >= 0.6 is 0 Å². The molecular weight excluding hydrogens is 383 g/mol. The summed E-state index contributed by atoms with van der Waals surface area (Å²) in [7, 11) is 1.95. The number of aryl methyl sites for hydroxylation is 1. The molecule has 1 aromatic carbocycles. The number of nitrogens with zero attached hydrogens (tertiary/aromatic N) is 3. The van der Waals surface area contributed by atoms with Gasteiger partial charge in [-0.1, -0.05) is 31.2 Å². The standard InChI is InChI=1S/C23H25FN4O2/c1-3-15-9-10-18(26-22(15)24)21(27-23(29)19-8-5-11-28(19)2)17-7-4-6-16(12-17)20-13-25-14-30-20/h4,6-7,9-10,12-14,19,21H,3,5,8,11H2,1-2H3,(H,27,29). The molecule has 1 aliphatic rings. The van der Waals surface area contributed by atoms with Crippen molar-refractivity contribution in [3.8, 4) is 11.3 Å². The molecule has 1 N–H and O–H groups in total. The van der Waals surface area contributed by atoms with Gasteiger partial charge in [0.15, 0.2) is 12.2 Å². The zero-order chi connectivity index (χ0) is 21.1. The zero-order valence-electron chi connectivity index (χ0n) is 17.1. The van der Waals surface area contributed by atoms with Crippen LogP contribution in [0.2, 0.25) is 0 Å². The van der Waals surface area contributed by atoms with Crippen molar-refractivity contribution >= 4 is 5.91 Å². The van der Waals surface area contributed by atoms with Gasteiger partial charge in [0.2, 0.25) is 11.9 Å². The lowest BCUT2D eigenvalue weighted by atomic mass is 9.98. The maximum Gasteiger partial charge on any atom is 0.238 e. The van der Waals surface area contributed by atoms with E-state index in [0.29, 0.717) is 23.4 Å². The number of hydrogen-bond donors (Lipinski definition) is 1. The SMILES string of the molecule is CCc1ccc(C(NC(=O)C2CCCN2C)c2cccc(-c3cnco3)c2)nc1F. The van der Waals surface area contributed by atoms with Gasteiger partial charge in [0.1, 0.15) is 0 Å². The van der Waals surface area contributed by atoms with Gasteiger partial charge in [-0.25, -0.2) is 9.97 Å². The predicted octanol–water partition coefficient (Wildman–Crippen LogP) is 3.74. The van der Waals surface area contributed by atoms with E-state index in [0.717, 1.165) is 30.5 Å². The highest BCUT2D eigenvalue weighted by Gasteiger charge is 2.30. The first kappa shape index (κ1) is 20.2. The molecule has 4 rings (SSSR count). The molecule has 1 amide bonds. The van der Waals surface area contributed by atoms with Gasteiger partial charge in [-0.2, -0.15) is 4.39 Å². The average molecular weight is 408 g/mol. The van der Waals surface area contributed by atoms with Crippen molar-refractivity contribution in [3.63, 3.8) is 0 Å². The molecule has 0 spiro atoms. The first-order valence-corrected chi connectivity index (χ1v) is 10.2. The Morgan fingerprint density at radius 3 is 2.90 bits per heavy atom. The van der Waals surface area contributed by atoms with E-state index in [9.17, 15) is 9.18 Å². The van der Waals surface area contributed by atoms with E-state index in [4.69, 9.17) is 4.42 Å². The molecule has 6 nitrogen and oxygen atoms in total. The van der Waals surface area contributed by atoms with Gasteiger partial charge in [0.05, 0.1) is 24.0 Å². The summed E-state index contributed by atoms with van der Waals surface area (Å²) >= 11 is 0. The number of benzene rings is 1. The Morgan fingerprint density at radius 1 is 1.37 bits per heavy atom. The number of carbonyl (C=O) groups excluding carboxylic acids is 1. The number of halogens is 1. The molecule has 1 saturated heterocycles. The van der Waals surface area contributed by atoms with Crippen LogP contribution in [0.3, 0.4) is 0 Å². The molecule has 7 heteroatoms. The van der Waals surface area contributed by atoms with E-state index < -0.39 is 12.0 Å². The number of carbonyl (C=O) groups is 1. The molecule has 2 unspecified atom stereocenters. The van der Waals surface area contributed by atoms with Crippen LogP contribution in [0.1, 0.15) is 42.6 Å². The van der Waals surface area contributed by atoms with Gasteiger partial charge in [-0.05, 0) is 50.6 Å². The Bertz CT molecular complexity index is 1020. The smallest absolute Gasteiger partial charge is 0.238 e. The normalized spacial score (nSPS) is 17.8. The molecule has 3 aromatic rings. The summed E-state index contributed by atoms with van der Waals surface area (Å²) in [5.41, 5.74) is 2.64. The van der Waals surface area contributed by atoms with Crippen LogP contribution in [-0.2, 0) is 11.2 Å². The third-order valence-corrected chi connectivity index (χ3v) is 5.67. The van der Waals surface area contributed by atoms with E-state index in [1.807, 2.05) is 43.1 Å². The monoisotopic (exact) mass is 408 g/mol. The van der Waals surface area contributed by atoms with Crippen LogP contribution in [0.5, 0.6) is 0 Å². The number of amides is 1. The summed E-state index contributed by atoms with van der Waals surface area (Å²) in [6, 6.07) is 10.4. The average Bonchev–Trinajstić information content (AvgIpc) is 3.44. The second-order valence-electron chi connectivity index (χ2n) is 7.61. The topological polar surface area (TPSA) is 71.3 Å². The number of rotatable bonds is 6. The van der Waals surface area contributed by atoms with Gasteiger partial charge < -0.3 is 9.73 Å². The number of pyridine rings is 1. The Kier molecular flexibility index (Phi) is 5.90. The second kappa shape index (κ2) is 8.75. The second-order valence-corrected chi connectivity index (χ2v) is 7.61. The van der Waals surface area contributed by atoms with Gasteiger partial charge in [0, 0.05) is 11.1 Å². The molecule has 0 saturated carbocycles. The lowest BCUT2D eigenvalue weighted by Crippen LogP contribution is -2.43. The Morgan fingerprint density at radius 2 is 2.23 bits per heavy atom. The first-order valence-electron chi connectivity index (χ1n) is 10.2. The van der Waals surface area contributed by atoms with Crippen LogP contribution < -0.4 is 5.32 Å². The Balaban J connectivity index is 1.71. The molecular formula is C23H25FN4O2. The van der Waals surface area contributed by atoms with Crippen molar-refractivity contribution in [3.05, 3.63) is 71.8 Å². The molecule has 1 fully saturated rings. The summed E-state index contributed by atoms with van der Waals surface area (Å²) in [4.78, 5) is 23.2. The molecule has 156 valence electrons. The van der Waals surface area contributed by atoms with Crippen LogP contribution in [0.4, 0.5) is 4.39 Å². The minimum atomic E-state index is -0.574. The van der Waals surface area contributed by atoms with E-state index in [2.05, 4.69) is 15.3 Å². The van der Waals surface area contributed by atoms with E-state index in [-0.39, 0.29) is 11.9 Å². The fourth-order valence-corrected chi connectivity index (χ4v) is 3.94. The van der Waals surface area contributed by atoms with Crippen molar-refractivity contribution in [2.75, 3.05) is 13.6 Å². The highest BCUT2D eigenvalue weighted by molar-refractivity contribution is 5.83. The molecule has 3 heterocycles. The lowest BCUT2D eigenvalue weighted by molar-refractivity contribution is -0.125. The Labute approximate surface area is 175 Å². The van der Waals surface area contributed by atoms with Crippen LogP contribution in [0, 0.1) is 5.95 Å². The van der Waals surface area contributed by atoms with Gasteiger partial charge in [0.25, 0.3) is 0 Å². The fraction of sp³-hybridized carbons (Fsp3) is 0.348. The molecule has 0 radical (unpaired) electrons. The zero-order valence-corrected chi connectivity index (χ0v) is 17.1. The quantitative estimate of drug-likeness (QED) is 0.629. The highest BCUT2D eigenvalue weighted by Crippen LogP contribution is 2.28. The van der Waals surface area contributed by atoms with E-state index in [1.54, 1.807) is 18.3 Å². The first-order chi connectivity index (χ1) is 14.6. The van der Waals surface area contributed by atoms with E-state index in [1.165, 1.54) is 6.39 Å². The number of likely N-dealkylation sites (N-methyl/N-ethyl adjacent to an activating group) is 1. The van der Waals surface area contributed by atoms with Gasteiger partial charge in [-0.15, -0.1) is 0 Å². The lowest BCUT2D eigenvalue weighted by Gasteiger charge is -2.24. The van der Waals surface area contributed by atoms with Crippen LogP contribution in [0.25, 0.3) is 11.3 Å². The van der Waals surface area contributed by atoms with Crippen molar-refractivity contribution in [1.82, 2.24) is 20.2 Å². The van der Waals surface area contributed by atoms with E-state index >= 15 is 0 Å². The number of likely N-dealkylation sites (tertiary alicyclic amines) is 1. The van der Waals surface area contributed by atoms with Crippen molar-refractivity contribution < 1.29 is 13.6 Å². The third-order valence-electron chi connectivity index (χ3n) is 5.67. The van der Waals surface area contributed by atoms with Gasteiger partial charge >= 0.3 is 0 Å². The number of aromatic nitrogens is 2. The number of nitrogens with one attached hydrogen (secondary N) is 1. The molecule has 2 atom stereocenters. The number of hydrogen-bond acceptors (Lipinski definition) is 5. The minimum Gasteiger partial charge on any atom is -0.444 e. The fourth-order valence-electron chi connectivity index (χ4n) is 3.94. The summed E-state index contributed by atoms with van der Waals surface area (Å²) in [5, 5.41) is 3.10. The minimum absolute atomic E-state index is 0.0770. The predicted molar refractivity (Wildman–Crippen MR) is 111 cm³/mol. The van der Waals surface area contributed by atoms with Crippen molar-refractivity contribution in [2.24, 2.45) is 0 Å². The maximum atomic E-state index is 14.5. The van der Waals surface area contributed by atoms with Crippen molar-refractivity contribution in [2.45, 2.75) is 38.3 Å². The molecule has 0 aliphatic carbocycles. The Hall–Kier alpha value is -3.06. The maximum absolute atomic E-state index is 14.5. The summed E-state index contributed by atoms with van der Waals surface area (Å²) in [6.45, 7) is 2.78. The molecule has 30 heavy (non-hydrogen) atoms. The summed E-state index contributed by atoms with van der Waals surface area (Å²) < 4.78 is 19.9. The van der Waals surface area contributed by atoms with Crippen LogP contribution in [-0.4, -0.2) is 40.4 Å². The number of oxazole rings is 1. The molecule has 0 bridgehead atoms. The summed E-state index contributed by atoms with van der Waals surface area (Å²) in [6.07, 6.45) is 5.36. The summed E-state index contributed by atoms with van der Waals surface area (Å²) in [5.74, 6) is 0.0448. The third kappa shape index (κ3) is 4.11. The van der Waals surface area contributed by atoms with Gasteiger partial charge in [-0.3, -0.25) is 9.69 Å².